The minimum atomic E-state index is -0.288. The van der Waals surface area contributed by atoms with Crippen LogP contribution in [-0.4, -0.2) is 36.4 Å². The van der Waals surface area contributed by atoms with E-state index in [0.29, 0.717) is 23.4 Å². The summed E-state index contributed by atoms with van der Waals surface area (Å²) in [5.74, 6) is 0.316. The average molecular weight is 456 g/mol. The van der Waals surface area contributed by atoms with Crippen LogP contribution in [0, 0.1) is 0 Å². The Kier molecular flexibility index (Phi) is 10.0. The Morgan fingerprint density at radius 3 is 2.59 bits per heavy atom. The first-order valence-electron chi connectivity index (χ1n) is 9.94. The summed E-state index contributed by atoms with van der Waals surface area (Å²) >= 11 is 5.95. The second kappa shape index (κ2) is 13.0. The number of hydrogen-bond acceptors (Lipinski definition) is 6. The number of halogens is 1. The predicted octanol–water partition coefficient (Wildman–Crippen LogP) is 4.24. The first-order valence-corrected chi connectivity index (χ1v) is 10.3. The van der Waals surface area contributed by atoms with Gasteiger partial charge in [0.15, 0.2) is 5.15 Å². The van der Waals surface area contributed by atoms with Crippen molar-refractivity contribution < 1.29 is 19.4 Å². The number of ether oxygens (including phenoxy) is 1. The van der Waals surface area contributed by atoms with Crippen molar-refractivity contribution in [1.29, 1.82) is 0 Å². The van der Waals surface area contributed by atoms with Crippen LogP contribution in [0.2, 0.25) is 5.15 Å². The number of carbonyl (C=O) groups is 2. The Morgan fingerprint density at radius 1 is 1.19 bits per heavy atom. The Hall–Kier alpha value is -3.58. The van der Waals surface area contributed by atoms with Gasteiger partial charge in [0, 0.05) is 37.8 Å². The largest absolute Gasteiger partial charge is 0.508 e. The first-order chi connectivity index (χ1) is 15.5. The van der Waals surface area contributed by atoms with Crippen molar-refractivity contribution in [2.45, 2.75) is 19.4 Å². The minimum absolute atomic E-state index is 0.102. The van der Waals surface area contributed by atoms with Gasteiger partial charge in [-0.3, -0.25) is 4.79 Å². The topological polar surface area (TPSA) is 101 Å². The van der Waals surface area contributed by atoms with Crippen LogP contribution < -0.4 is 15.4 Å². The number of rotatable bonds is 8. The smallest absolute Gasteiger partial charge is 0.253 e. The number of nitrogens with one attached hydrogen (secondary N) is 2. The minimum Gasteiger partial charge on any atom is -0.508 e. The first kappa shape index (κ1) is 24.7. The molecule has 3 aromatic rings. The van der Waals surface area contributed by atoms with Gasteiger partial charge in [-0.2, -0.15) is 0 Å². The highest BCUT2D eigenvalue weighted by atomic mass is 35.5. The number of methoxy groups -OCH3 is 1. The van der Waals surface area contributed by atoms with E-state index in [9.17, 15) is 14.7 Å². The number of hydrogen-bond donors (Lipinski definition) is 3. The molecular formula is C24H26ClN3O4. The van der Waals surface area contributed by atoms with E-state index in [2.05, 4.69) is 15.6 Å². The predicted molar refractivity (Wildman–Crippen MR) is 125 cm³/mol. The van der Waals surface area contributed by atoms with Crippen molar-refractivity contribution in [3.05, 3.63) is 82.6 Å². The van der Waals surface area contributed by atoms with Gasteiger partial charge in [0.05, 0.1) is 18.4 Å². The summed E-state index contributed by atoms with van der Waals surface area (Å²) in [4.78, 5) is 26.2. The number of pyridine rings is 1. The third-order valence-corrected chi connectivity index (χ3v) is 4.79. The maximum absolute atomic E-state index is 12.3. The van der Waals surface area contributed by atoms with Crippen molar-refractivity contribution in [3.8, 4) is 11.5 Å². The van der Waals surface area contributed by atoms with Gasteiger partial charge in [-0.1, -0.05) is 41.9 Å². The van der Waals surface area contributed by atoms with Gasteiger partial charge in [0.1, 0.15) is 17.8 Å². The van der Waals surface area contributed by atoms with Crippen LogP contribution in [0.3, 0.4) is 0 Å². The van der Waals surface area contributed by atoms with Crippen LogP contribution in [0.15, 0.2) is 60.8 Å². The quantitative estimate of drug-likeness (QED) is 0.347. The zero-order chi connectivity index (χ0) is 23.3. The van der Waals surface area contributed by atoms with Crippen molar-refractivity contribution in [2.24, 2.45) is 0 Å². The molecule has 0 spiro atoms. The van der Waals surface area contributed by atoms with Crippen molar-refractivity contribution in [3.63, 3.8) is 0 Å². The molecule has 0 atom stereocenters. The third kappa shape index (κ3) is 7.28. The highest BCUT2D eigenvalue weighted by Crippen LogP contribution is 2.25. The molecule has 2 aromatic carbocycles. The summed E-state index contributed by atoms with van der Waals surface area (Å²) in [6.45, 7) is 0.255. The number of aromatic nitrogens is 1. The highest BCUT2D eigenvalue weighted by molar-refractivity contribution is 6.32. The molecule has 3 rings (SSSR count). The Labute approximate surface area is 192 Å². The fraction of sp³-hybridized carbons (Fsp3) is 0.208. The van der Waals surface area contributed by atoms with Gasteiger partial charge in [-0.15, -0.1) is 0 Å². The molecular weight excluding hydrogens is 430 g/mol. The van der Waals surface area contributed by atoms with Gasteiger partial charge in [0.25, 0.3) is 5.91 Å². The molecule has 0 saturated heterocycles. The molecule has 0 radical (unpaired) electrons. The van der Waals surface area contributed by atoms with E-state index in [1.165, 1.54) is 31.0 Å². The molecule has 3 N–H and O–H groups in total. The summed E-state index contributed by atoms with van der Waals surface area (Å²) in [5, 5.41) is 15.3. The number of phenols is 1. The standard InChI is InChI=1S/C15H16ClN3O3.C9H10O/c1-17-13-11(5-6-18-14(13)16)15(21)19-8-9-3-4-10(20)7-12(9)22-2;10-8-4-7-9-5-2-1-3-6-9/h3-7,17,20H,8H2,1-2H3,(H,19,21);1-3,5-6,8H,4,7H2. The number of anilines is 1. The van der Waals surface area contributed by atoms with E-state index < -0.39 is 0 Å². The molecule has 168 valence electrons. The second-order valence-corrected chi connectivity index (χ2v) is 7.00. The summed E-state index contributed by atoms with van der Waals surface area (Å²) in [6.07, 6.45) is 3.92. The lowest BCUT2D eigenvalue weighted by Gasteiger charge is -2.12. The van der Waals surface area contributed by atoms with Gasteiger partial charge >= 0.3 is 0 Å². The Morgan fingerprint density at radius 2 is 1.94 bits per heavy atom. The van der Waals surface area contributed by atoms with Crippen molar-refractivity contribution in [2.75, 3.05) is 19.5 Å². The molecule has 0 fully saturated rings. The number of aryl methyl sites for hydroxylation is 1. The van der Waals surface area contributed by atoms with E-state index in [4.69, 9.17) is 16.3 Å². The molecule has 7 nitrogen and oxygen atoms in total. The summed E-state index contributed by atoms with van der Waals surface area (Å²) in [7, 11) is 3.17. The number of phenolic OH excluding ortho intramolecular Hbond substituents is 1. The molecule has 0 saturated carbocycles. The lowest BCUT2D eigenvalue weighted by molar-refractivity contribution is -0.107. The fourth-order valence-electron chi connectivity index (χ4n) is 2.88. The summed E-state index contributed by atoms with van der Waals surface area (Å²) < 4.78 is 5.17. The van der Waals surface area contributed by atoms with E-state index in [-0.39, 0.29) is 23.4 Å². The van der Waals surface area contributed by atoms with Gasteiger partial charge < -0.3 is 25.3 Å². The number of benzene rings is 2. The van der Waals surface area contributed by atoms with Gasteiger partial charge in [-0.05, 0) is 30.2 Å². The van der Waals surface area contributed by atoms with Crippen LogP contribution in [0.4, 0.5) is 5.69 Å². The lowest BCUT2D eigenvalue weighted by atomic mass is 10.1. The molecule has 1 aromatic heterocycles. The highest BCUT2D eigenvalue weighted by Gasteiger charge is 2.14. The van der Waals surface area contributed by atoms with Crippen molar-refractivity contribution >= 4 is 29.5 Å². The van der Waals surface area contributed by atoms with Crippen LogP contribution in [0.5, 0.6) is 11.5 Å². The summed E-state index contributed by atoms with van der Waals surface area (Å²) in [5.41, 5.74) is 2.86. The van der Waals surface area contributed by atoms with Gasteiger partial charge in [-0.25, -0.2) is 4.98 Å². The molecule has 0 bridgehead atoms. The number of carbonyl (C=O) groups excluding carboxylic acids is 2. The van der Waals surface area contributed by atoms with E-state index in [1.807, 2.05) is 30.3 Å². The molecule has 1 amide bonds. The fourth-order valence-corrected chi connectivity index (χ4v) is 3.14. The Bertz CT molecular complexity index is 1030. The third-order valence-electron chi connectivity index (χ3n) is 4.50. The van der Waals surface area contributed by atoms with E-state index >= 15 is 0 Å². The van der Waals surface area contributed by atoms with Crippen molar-refractivity contribution in [1.82, 2.24) is 10.3 Å². The van der Waals surface area contributed by atoms with Crippen LogP contribution in [-0.2, 0) is 17.8 Å². The zero-order valence-electron chi connectivity index (χ0n) is 18.0. The molecule has 1 heterocycles. The molecule has 8 heteroatoms. The zero-order valence-corrected chi connectivity index (χ0v) is 18.7. The van der Waals surface area contributed by atoms with E-state index in [0.717, 1.165) is 18.3 Å². The maximum atomic E-state index is 12.3. The summed E-state index contributed by atoms with van der Waals surface area (Å²) in [6, 6.07) is 16.3. The van der Waals surface area contributed by atoms with Crippen LogP contribution in [0.25, 0.3) is 0 Å². The van der Waals surface area contributed by atoms with Crippen LogP contribution >= 0.6 is 11.6 Å². The maximum Gasteiger partial charge on any atom is 0.253 e. The number of aromatic hydroxyl groups is 1. The lowest BCUT2D eigenvalue weighted by Crippen LogP contribution is -2.24. The number of aldehydes is 1. The normalized spacial score (nSPS) is 9.84. The monoisotopic (exact) mass is 455 g/mol. The Balaban J connectivity index is 0.000000303. The number of nitrogens with zero attached hydrogens (tertiary/aromatic N) is 1. The van der Waals surface area contributed by atoms with Crippen LogP contribution in [0.1, 0.15) is 27.9 Å². The average Bonchev–Trinajstić information content (AvgIpc) is 2.82. The second-order valence-electron chi connectivity index (χ2n) is 6.64. The van der Waals surface area contributed by atoms with E-state index in [1.54, 1.807) is 19.2 Å². The number of amides is 1. The molecule has 0 unspecified atom stereocenters. The SMILES string of the molecule is CNc1c(C(=O)NCc2ccc(O)cc2OC)ccnc1Cl.O=CCCc1ccccc1. The molecule has 0 aliphatic carbocycles. The van der Waals surface area contributed by atoms with Gasteiger partial charge in [0.2, 0.25) is 0 Å². The molecule has 0 aliphatic heterocycles. The molecule has 32 heavy (non-hydrogen) atoms. The molecule has 0 aliphatic rings.